The summed E-state index contributed by atoms with van der Waals surface area (Å²) in [6, 6.07) is 20.4. The maximum absolute atomic E-state index is 11.8. The second kappa shape index (κ2) is 8.12. The Morgan fingerprint density at radius 3 is 2.15 bits per heavy atom. The van der Waals surface area contributed by atoms with E-state index in [1.54, 1.807) is 24.5 Å². The molecule has 26 heavy (non-hydrogen) atoms. The first-order chi connectivity index (χ1) is 12.5. The van der Waals surface area contributed by atoms with Crippen LogP contribution in [0.2, 0.25) is 0 Å². The molecule has 0 bridgehead atoms. The van der Waals surface area contributed by atoms with Gasteiger partial charge >= 0.3 is 0 Å². The van der Waals surface area contributed by atoms with Gasteiger partial charge in [0.15, 0.2) is 0 Å². The van der Waals surface area contributed by atoms with Crippen LogP contribution in [0.3, 0.4) is 0 Å². The van der Waals surface area contributed by atoms with Crippen molar-refractivity contribution in [3.63, 3.8) is 0 Å². The van der Waals surface area contributed by atoms with Gasteiger partial charge < -0.3 is 4.74 Å². The summed E-state index contributed by atoms with van der Waals surface area (Å²) in [5.41, 5.74) is 2.74. The second-order valence-electron chi connectivity index (χ2n) is 5.95. The highest BCUT2D eigenvalue weighted by atomic mass is 32.2. The average molecular weight is 368 g/mol. The van der Waals surface area contributed by atoms with Crippen LogP contribution in [0.25, 0.3) is 0 Å². The summed E-state index contributed by atoms with van der Waals surface area (Å²) in [4.78, 5) is 3.99. The summed E-state index contributed by atoms with van der Waals surface area (Å²) in [5.74, 6) is 0.727. The number of aromatic nitrogens is 1. The van der Waals surface area contributed by atoms with Gasteiger partial charge in [0, 0.05) is 12.4 Å². The van der Waals surface area contributed by atoms with Crippen molar-refractivity contribution in [3.05, 3.63) is 95.8 Å². The number of rotatable bonds is 7. The highest BCUT2D eigenvalue weighted by molar-refractivity contribution is 7.88. The van der Waals surface area contributed by atoms with Gasteiger partial charge in [-0.05, 0) is 41.0 Å². The van der Waals surface area contributed by atoms with Crippen LogP contribution in [0.15, 0.2) is 79.1 Å². The number of pyridine rings is 1. The first kappa shape index (κ1) is 18.1. The van der Waals surface area contributed by atoms with Crippen molar-refractivity contribution in [2.45, 2.75) is 12.6 Å². The van der Waals surface area contributed by atoms with Crippen LogP contribution in [0.4, 0.5) is 0 Å². The van der Waals surface area contributed by atoms with E-state index >= 15 is 0 Å². The Morgan fingerprint density at radius 1 is 0.923 bits per heavy atom. The number of hydrogen-bond acceptors (Lipinski definition) is 4. The third-order valence-corrected chi connectivity index (χ3v) is 4.50. The van der Waals surface area contributed by atoms with Gasteiger partial charge in [0.1, 0.15) is 12.4 Å². The maximum atomic E-state index is 11.8. The van der Waals surface area contributed by atoms with Crippen molar-refractivity contribution in [1.29, 1.82) is 0 Å². The lowest BCUT2D eigenvalue weighted by Crippen LogP contribution is -2.28. The van der Waals surface area contributed by atoms with Gasteiger partial charge in [-0.25, -0.2) is 13.1 Å². The van der Waals surface area contributed by atoms with Gasteiger partial charge in [0.05, 0.1) is 12.3 Å². The van der Waals surface area contributed by atoms with Crippen LogP contribution < -0.4 is 9.46 Å². The summed E-state index contributed by atoms with van der Waals surface area (Å²) in [6.07, 6.45) is 4.44. The largest absolute Gasteiger partial charge is 0.489 e. The van der Waals surface area contributed by atoms with Crippen molar-refractivity contribution in [1.82, 2.24) is 9.71 Å². The standard InChI is InChI=1S/C20H20N2O3S/c1-26(23,24)22-20(18-11-13-21-14-12-18)17-7-9-19(10-8-17)25-15-16-5-3-2-4-6-16/h2-14,20,22H,15H2,1H3. The molecule has 5 nitrogen and oxygen atoms in total. The molecule has 0 spiro atoms. The highest BCUT2D eigenvalue weighted by Gasteiger charge is 2.18. The Hall–Kier alpha value is -2.70. The zero-order valence-corrected chi connectivity index (χ0v) is 15.2. The molecule has 0 fully saturated rings. The molecule has 0 aliphatic carbocycles. The number of ether oxygens (including phenoxy) is 1. The molecule has 134 valence electrons. The summed E-state index contributed by atoms with van der Waals surface area (Å²) in [6.45, 7) is 0.482. The predicted molar refractivity (Wildman–Crippen MR) is 101 cm³/mol. The fourth-order valence-electron chi connectivity index (χ4n) is 2.60. The molecule has 3 rings (SSSR count). The molecule has 0 amide bonds. The molecule has 1 N–H and O–H groups in total. The van der Waals surface area contributed by atoms with Crippen LogP contribution in [0.5, 0.6) is 5.75 Å². The SMILES string of the molecule is CS(=O)(=O)NC(c1ccncc1)c1ccc(OCc2ccccc2)cc1. The van der Waals surface area contributed by atoms with E-state index < -0.39 is 16.1 Å². The monoisotopic (exact) mass is 368 g/mol. The molecule has 6 heteroatoms. The lowest BCUT2D eigenvalue weighted by atomic mass is 10.0. The minimum atomic E-state index is -3.38. The normalized spacial score (nSPS) is 12.5. The third-order valence-electron chi connectivity index (χ3n) is 3.83. The molecule has 0 aliphatic heterocycles. The van der Waals surface area contributed by atoms with Crippen LogP contribution in [-0.2, 0) is 16.6 Å². The van der Waals surface area contributed by atoms with Gasteiger partial charge in [0.25, 0.3) is 0 Å². The molecule has 0 saturated heterocycles. The molecule has 1 unspecified atom stereocenters. The Labute approximate surface area is 153 Å². The molecular formula is C20H20N2O3S. The van der Waals surface area contributed by atoms with Crippen LogP contribution in [0.1, 0.15) is 22.7 Å². The molecule has 0 aliphatic rings. The highest BCUT2D eigenvalue weighted by Crippen LogP contribution is 2.25. The van der Waals surface area contributed by atoms with Crippen molar-refractivity contribution in [2.75, 3.05) is 6.26 Å². The average Bonchev–Trinajstić information content (AvgIpc) is 2.66. The topological polar surface area (TPSA) is 68.3 Å². The summed E-state index contributed by atoms with van der Waals surface area (Å²) < 4.78 is 32.0. The summed E-state index contributed by atoms with van der Waals surface area (Å²) in [5, 5.41) is 0. The Morgan fingerprint density at radius 2 is 1.54 bits per heavy atom. The molecule has 0 radical (unpaired) electrons. The van der Waals surface area contributed by atoms with Gasteiger partial charge in [-0.2, -0.15) is 0 Å². The quantitative estimate of drug-likeness (QED) is 0.695. The molecular weight excluding hydrogens is 348 g/mol. The van der Waals surface area contributed by atoms with Crippen LogP contribution in [0, 0.1) is 0 Å². The van der Waals surface area contributed by atoms with Crippen LogP contribution in [-0.4, -0.2) is 19.7 Å². The number of nitrogens with one attached hydrogen (secondary N) is 1. The Bertz CT molecular complexity index is 928. The van der Waals surface area contributed by atoms with Crippen molar-refractivity contribution < 1.29 is 13.2 Å². The smallest absolute Gasteiger partial charge is 0.209 e. The fraction of sp³-hybridized carbons (Fsp3) is 0.150. The number of hydrogen-bond donors (Lipinski definition) is 1. The molecule has 3 aromatic rings. The van der Waals surface area contributed by atoms with E-state index in [4.69, 9.17) is 4.74 Å². The molecule has 1 aromatic heterocycles. The Balaban J connectivity index is 1.77. The zero-order chi connectivity index (χ0) is 18.4. The zero-order valence-electron chi connectivity index (χ0n) is 14.4. The van der Waals surface area contributed by atoms with E-state index in [2.05, 4.69) is 9.71 Å². The number of sulfonamides is 1. The fourth-order valence-corrected chi connectivity index (χ4v) is 3.30. The van der Waals surface area contributed by atoms with E-state index in [-0.39, 0.29) is 0 Å². The van der Waals surface area contributed by atoms with E-state index in [9.17, 15) is 8.42 Å². The third kappa shape index (κ3) is 5.15. The first-order valence-electron chi connectivity index (χ1n) is 8.15. The molecule has 1 heterocycles. The summed E-state index contributed by atoms with van der Waals surface area (Å²) >= 11 is 0. The second-order valence-corrected chi connectivity index (χ2v) is 7.73. The first-order valence-corrected chi connectivity index (χ1v) is 10.0. The van der Waals surface area contributed by atoms with Crippen molar-refractivity contribution >= 4 is 10.0 Å². The molecule has 0 saturated carbocycles. The van der Waals surface area contributed by atoms with E-state index in [1.165, 1.54) is 0 Å². The minimum Gasteiger partial charge on any atom is -0.489 e. The van der Waals surface area contributed by atoms with Gasteiger partial charge in [-0.3, -0.25) is 4.98 Å². The van der Waals surface area contributed by atoms with E-state index in [0.29, 0.717) is 6.61 Å². The lowest BCUT2D eigenvalue weighted by Gasteiger charge is -2.19. The molecule has 2 aromatic carbocycles. The van der Waals surface area contributed by atoms with E-state index in [1.807, 2.05) is 54.6 Å². The predicted octanol–water partition coefficient (Wildman–Crippen LogP) is 3.30. The lowest BCUT2D eigenvalue weighted by molar-refractivity contribution is 0.306. The van der Waals surface area contributed by atoms with Crippen molar-refractivity contribution in [3.8, 4) is 5.75 Å². The summed E-state index contributed by atoms with van der Waals surface area (Å²) in [7, 11) is -3.38. The van der Waals surface area contributed by atoms with Gasteiger partial charge in [-0.15, -0.1) is 0 Å². The maximum Gasteiger partial charge on any atom is 0.209 e. The van der Waals surface area contributed by atoms with Crippen LogP contribution >= 0.6 is 0 Å². The molecule has 1 atom stereocenters. The van der Waals surface area contributed by atoms with Gasteiger partial charge in [-0.1, -0.05) is 42.5 Å². The van der Waals surface area contributed by atoms with Gasteiger partial charge in [0.2, 0.25) is 10.0 Å². The van der Waals surface area contributed by atoms with E-state index in [0.717, 1.165) is 28.7 Å². The Kier molecular flexibility index (Phi) is 5.65. The van der Waals surface area contributed by atoms with Crippen molar-refractivity contribution in [2.24, 2.45) is 0 Å². The number of nitrogens with zero attached hydrogens (tertiary/aromatic N) is 1. The number of benzene rings is 2. The minimum absolute atomic E-state index is 0.476.